The highest BCUT2D eigenvalue weighted by Crippen LogP contribution is 2.28. The summed E-state index contributed by atoms with van der Waals surface area (Å²) in [6, 6.07) is 3.09. The normalized spacial score (nSPS) is 18.4. The highest BCUT2D eigenvalue weighted by molar-refractivity contribution is 6.09. The number of nitrogens with zero attached hydrogens (tertiary/aromatic N) is 2. The van der Waals surface area contributed by atoms with E-state index in [0.717, 1.165) is 19.3 Å². The number of nitrogens with one attached hydrogen (secondary N) is 1. The van der Waals surface area contributed by atoms with Gasteiger partial charge >= 0.3 is 0 Å². The molecule has 0 radical (unpaired) electrons. The number of ether oxygens (including phenoxy) is 1. The number of hydrogen-bond acceptors (Lipinski definition) is 5. The molecule has 3 amide bonds. The zero-order valence-electron chi connectivity index (χ0n) is 17.4. The van der Waals surface area contributed by atoms with E-state index in [4.69, 9.17) is 10.5 Å². The predicted molar refractivity (Wildman–Crippen MR) is 110 cm³/mol. The molecule has 3 rings (SSSR count). The summed E-state index contributed by atoms with van der Waals surface area (Å²) < 4.78 is 19.8. The lowest BCUT2D eigenvalue weighted by atomic mass is 9.89. The van der Waals surface area contributed by atoms with Crippen molar-refractivity contribution in [3.8, 4) is 0 Å². The van der Waals surface area contributed by atoms with Crippen LogP contribution in [0.15, 0.2) is 18.2 Å². The molecule has 164 valence electrons. The summed E-state index contributed by atoms with van der Waals surface area (Å²) >= 11 is 0. The van der Waals surface area contributed by atoms with Gasteiger partial charge in [0.05, 0.1) is 12.3 Å². The quantitative estimate of drug-likeness (QED) is 0.620. The first-order valence-electron chi connectivity index (χ1n) is 10.3. The second-order valence-electron chi connectivity index (χ2n) is 8.23. The molecule has 0 bridgehead atoms. The molecule has 1 aliphatic heterocycles. The van der Waals surface area contributed by atoms with Gasteiger partial charge in [-0.15, -0.1) is 0 Å². The van der Waals surface area contributed by atoms with Gasteiger partial charge < -0.3 is 20.7 Å². The molecule has 1 aromatic carbocycles. The van der Waals surface area contributed by atoms with Crippen molar-refractivity contribution in [2.24, 2.45) is 11.7 Å². The van der Waals surface area contributed by atoms with E-state index in [1.807, 2.05) is 18.7 Å². The number of amides is 3. The molecule has 0 unspecified atom stereocenters. The molecule has 0 spiro atoms. The van der Waals surface area contributed by atoms with Gasteiger partial charge in [0.25, 0.3) is 11.8 Å². The van der Waals surface area contributed by atoms with Crippen LogP contribution in [0, 0.1) is 11.7 Å². The van der Waals surface area contributed by atoms with Gasteiger partial charge in [-0.05, 0) is 37.0 Å². The second-order valence-corrected chi connectivity index (χ2v) is 8.23. The van der Waals surface area contributed by atoms with Crippen molar-refractivity contribution in [3.05, 3.63) is 24.0 Å². The van der Waals surface area contributed by atoms with Crippen molar-refractivity contribution in [2.45, 2.75) is 45.2 Å². The smallest absolute Gasteiger partial charge is 0.253 e. The highest BCUT2D eigenvalue weighted by Gasteiger charge is 2.38. The average Bonchev–Trinajstić information content (AvgIpc) is 2.61. The third-order valence-corrected chi connectivity index (χ3v) is 5.48. The van der Waals surface area contributed by atoms with Crippen molar-refractivity contribution in [2.75, 3.05) is 36.5 Å². The van der Waals surface area contributed by atoms with E-state index >= 15 is 0 Å². The molecule has 1 aromatic rings. The lowest BCUT2D eigenvalue weighted by Crippen LogP contribution is -2.58. The van der Waals surface area contributed by atoms with Gasteiger partial charge in [0.2, 0.25) is 5.91 Å². The first-order chi connectivity index (χ1) is 14.3. The number of nitrogens with two attached hydrogens (primary N) is 1. The fourth-order valence-corrected chi connectivity index (χ4v) is 3.81. The fourth-order valence-electron chi connectivity index (χ4n) is 3.81. The van der Waals surface area contributed by atoms with Crippen molar-refractivity contribution < 1.29 is 23.5 Å². The van der Waals surface area contributed by atoms with Crippen LogP contribution < -0.4 is 16.0 Å². The molecule has 1 heterocycles. The molecule has 2 fully saturated rings. The Bertz CT molecular complexity index is 812. The van der Waals surface area contributed by atoms with Gasteiger partial charge in [-0.2, -0.15) is 0 Å². The van der Waals surface area contributed by atoms with Crippen molar-refractivity contribution >= 4 is 29.1 Å². The maximum atomic E-state index is 14.7. The molecule has 0 aromatic heterocycles. The van der Waals surface area contributed by atoms with Crippen LogP contribution in [-0.4, -0.2) is 61.0 Å². The van der Waals surface area contributed by atoms with Crippen LogP contribution in [0.2, 0.25) is 0 Å². The summed E-state index contributed by atoms with van der Waals surface area (Å²) in [5, 5.41) is 2.51. The lowest BCUT2D eigenvalue weighted by Gasteiger charge is -2.41. The molecule has 8 nitrogen and oxygen atoms in total. The Hall–Kier alpha value is -2.52. The molecule has 1 saturated heterocycles. The number of halogens is 1. The summed E-state index contributed by atoms with van der Waals surface area (Å²) in [6.07, 6.45) is 2.85. The van der Waals surface area contributed by atoms with E-state index < -0.39 is 23.7 Å². The monoisotopic (exact) mass is 420 g/mol. The lowest BCUT2D eigenvalue weighted by molar-refractivity contribution is -0.135. The topological polar surface area (TPSA) is 105 Å². The third kappa shape index (κ3) is 4.96. The minimum absolute atomic E-state index is 0.0484. The third-order valence-electron chi connectivity index (χ3n) is 5.48. The van der Waals surface area contributed by atoms with Crippen LogP contribution in [0.4, 0.5) is 15.8 Å². The fraction of sp³-hybridized carbons (Fsp3) is 0.571. The molecule has 1 aliphatic carbocycles. The molecule has 1 atom stereocenters. The van der Waals surface area contributed by atoms with Crippen LogP contribution in [0.3, 0.4) is 0 Å². The highest BCUT2D eigenvalue weighted by atomic mass is 19.1. The van der Waals surface area contributed by atoms with E-state index in [1.54, 1.807) is 6.07 Å². The first kappa shape index (κ1) is 22.2. The number of morpholine rings is 1. The Morgan fingerprint density at radius 1 is 1.37 bits per heavy atom. The molecule has 1 saturated carbocycles. The van der Waals surface area contributed by atoms with Crippen LogP contribution in [-0.2, 0) is 19.1 Å². The molecular weight excluding hydrogens is 391 g/mol. The van der Waals surface area contributed by atoms with Gasteiger partial charge in [-0.3, -0.25) is 19.3 Å². The molecular formula is C21H29FN4O4. The molecule has 2 aliphatic rings. The Labute approximate surface area is 175 Å². The van der Waals surface area contributed by atoms with E-state index in [-0.39, 0.29) is 30.2 Å². The van der Waals surface area contributed by atoms with Gasteiger partial charge in [-0.25, -0.2) is 4.39 Å². The van der Waals surface area contributed by atoms with Crippen LogP contribution >= 0.6 is 0 Å². The average molecular weight is 420 g/mol. The molecule has 3 N–H and O–H groups in total. The number of benzene rings is 1. The van der Waals surface area contributed by atoms with Gasteiger partial charge in [0.1, 0.15) is 12.4 Å². The van der Waals surface area contributed by atoms with Gasteiger partial charge in [-0.1, -0.05) is 20.3 Å². The number of hydrogen-bond donors (Lipinski definition) is 2. The molecule has 9 heteroatoms. The van der Waals surface area contributed by atoms with Crippen LogP contribution in [0.25, 0.3) is 0 Å². The number of anilines is 2. The standard InChI is InChI=1S/C21H29FN4O4/c1-13(2)11-26(14-4-3-5-14)19(20(23)28)21(29)24-17-7-6-15(10-16(17)22)25-8-9-30-12-18(25)27/h6-7,10,13-14,19H,3-5,8-9,11-12H2,1-2H3,(H2,23,28)(H,24,29)/t19-/m0/s1. The van der Waals surface area contributed by atoms with Gasteiger partial charge in [0.15, 0.2) is 6.04 Å². The summed E-state index contributed by atoms with van der Waals surface area (Å²) in [7, 11) is 0. The maximum absolute atomic E-state index is 14.7. The van der Waals surface area contributed by atoms with E-state index in [1.165, 1.54) is 17.0 Å². The predicted octanol–water partition coefficient (Wildman–Crippen LogP) is 1.49. The Kier molecular flexibility index (Phi) is 7.04. The molecule has 30 heavy (non-hydrogen) atoms. The summed E-state index contributed by atoms with van der Waals surface area (Å²) in [4.78, 5) is 40.3. The Balaban J connectivity index is 1.76. The Morgan fingerprint density at radius 2 is 2.10 bits per heavy atom. The number of carbonyl (C=O) groups is 3. The first-order valence-corrected chi connectivity index (χ1v) is 10.3. The van der Waals surface area contributed by atoms with E-state index in [2.05, 4.69) is 5.32 Å². The Morgan fingerprint density at radius 3 is 2.63 bits per heavy atom. The second kappa shape index (κ2) is 9.53. The van der Waals surface area contributed by atoms with Crippen LogP contribution in [0.5, 0.6) is 0 Å². The van der Waals surface area contributed by atoms with Gasteiger partial charge in [0, 0.05) is 24.8 Å². The zero-order chi connectivity index (χ0) is 21.8. The van der Waals surface area contributed by atoms with E-state index in [0.29, 0.717) is 25.4 Å². The summed E-state index contributed by atoms with van der Waals surface area (Å²) in [6.45, 7) is 5.22. The van der Waals surface area contributed by atoms with Crippen LogP contribution in [0.1, 0.15) is 33.1 Å². The zero-order valence-corrected chi connectivity index (χ0v) is 17.4. The van der Waals surface area contributed by atoms with Crippen molar-refractivity contribution in [1.82, 2.24) is 4.90 Å². The number of carbonyl (C=O) groups excluding carboxylic acids is 3. The van der Waals surface area contributed by atoms with Crippen molar-refractivity contribution in [1.29, 1.82) is 0 Å². The maximum Gasteiger partial charge on any atom is 0.253 e. The van der Waals surface area contributed by atoms with Crippen molar-refractivity contribution in [3.63, 3.8) is 0 Å². The minimum Gasteiger partial charge on any atom is -0.370 e. The SMILES string of the molecule is CC(C)CN(C1CCC1)[C@@H](C(N)=O)C(=O)Nc1ccc(N2CCOCC2=O)cc1F. The number of rotatable bonds is 8. The van der Waals surface area contributed by atoms with E-state index in [9.17, 15) is 18.8 Å². The summed E-state index contributed by atoms with van der Waals surface area (Å²) in [5.74, 6) is -2.11. The minimum atomic E-state index is -1.17. The largest absolute Gasteiger partial charge is 0.370 e. The summed E-state index contributed by atoms with van der Waals surface area (Å²) in [5.41, 5.74) is 5.90. The number of primary amides is 1.